The van der Waals surface area contributed by atoms with Crippen molar-refractivity contribution in [2.24, 2.45) is 0 Å². The van der Waals surface area contributed by atoms with Crippen molar-refractivity contribution in [3.05, 3.63) is 29.3 Å². The van der Waals surface area contributed by atoms with Crippen LogP contribution in [0.4, 0.5) is 0 Å². The second kappa shape index (κ2) is 4.84. The maximum absolute atomic E-state index is 9.61. The van der Waals surface area contributed by atoms with Gasteiger partial charge in [0.05, 0.1) is 13.2 Å². The fourth-order valence-electron chi connectivity index (χ4n) is 1.53. The summed E-state index contributed by atoms with van der Waals surface area (Å²) in [6.07, 6.45) is -0.0154. The lowest BCUT2D eigenvalue weighted by molar-refractivity contribution is -0.0750. The largest absolute Gasteiger partial charge is 0.488 e. The molecule has 15 heavy (non-hydrogen) atoms. The summed E-state index contributed by atoms with van der Waals surface area (Å²) >= 11 is 5.76. The van der Waals surface area contributed by atoms with Crippen molar-refractivity contribution in [1.82, 2.24) is 0 Å². The van der Waals surface area contributed by atoms with Crippen molar-refractivity contribution in [2.75, 3.05) is 13.2 Å². The van der Waals surface area contributed by atoms with E-state index in [0.717, 1.165) is 5.75 Å². The first-order valence-electron chi connectivity index (χ1n) is 4.94. The molecule has 0 amide bonds. The van der Waals surface area contributed by atoms with Gasteiger partial charge in [0.15, 0.2) is 0 Å². The Bertz CT molecular complexity index is 312. The van der Waals surface area contributed by atoms with Crippen molar-refractivity contribution >= 4 is 11.6 Å². The third kappa shape index (κ3) is 2.84. The van der Waals surface area contributed by atoms with Gasteiger partial charge >= 0.3 is 0 Å². The van der Waals surface area contributed by atoms with Gasteiger partial charge in [-0.2, -0.15) is 0 Å². The third-order valence-electron chi connectivity index (χ3n) is 2.37. The van der Waals surface area contributed by atoms with Crippen molar-refractivity contribution in [2.45, 2.75) is 18.6 Å². The molecule has 1 aromatic carbocycles. The first kappa shape index (κ1) is 10.7. The van der Waals surface area contributed by atoms with Gasteiger partial charge in [-0.05, 0) is 24.3 Å². The summed E-state index contributed by atoms with van der Waals surface area (Å²) in [7, 11) is 0. The minimum absolute atomic E-state index is 0.181. The lowest BCUT2D eigenvalue weighted by Crippen LogP contribution is -2.40. The molecule has 2 atom stereocenters. The van der Waals surface area contributed by atoms with E-state index in [1.165, 1.54) is 0 Å². The van der Waals surface area contributed by atoms with Crippen LogP contribution in [0.1, 0.15) is 6.42 Å². The molecule has 1 fully saturated rings. The maximum Gasteiger partial charge on any atom is 0.129 e. The van der Waals surface area contributed by atoms with Crippen LogP contribution in [-0.4, -0.2) is 30.5 Å². The molecule has 0 spiro atoms. The summed E-state index contributed by atoms with van der Waals surface area (Å²) in [5.41, 5.74) is 0. The summed E-state index contributed by atoms with van der Waals surface area (Å²) < 4.78 is 10.8. The third-order valence-corrected chi connectivity index (χ3v) is 2.62. The predicted octanol–water partition coefficient (Wildman–Crippen LogP) is 1.87. The number of aliphatic hydroxyl groups excluding tert-OH is 1. The van der Waals surface area contributed by atoms with E-state index >= 15 is 0 Å². The number of rotatable bonds is 2. The fraction of sp³-hybridized carbons (Fsp3) is 0.455. The van der Waals surface area contributed by atoms with Crippen LogP contribution in [0.2, 0.25) is 5.02 Å². The van der Waals surface area contributed by atoms with E-state index in [2.05, 4.69) is 0 Å². The Morgan fingerprint density at radius 2 is 2.07 bits per heavy atom. The highest BCUT2D eigenvalue weighted by molar-refractivity contribution is 6.30. The van der Waals surface area contributed by atoms with Gasteiger partial charge in [0.2, 0.25) is 0 Å². The average molecular weight is 229 g/mol. The van der Waals surface area contributed by atoms with E-state index in [1.807, 2.05) is 0 Å². The molecule has 2 rings (SSSR count). The molecule has 0 aliphatic carbocycles. The standard InChI is InChI=1S/C11H13ClO3/c12-8-1-3-9(4-2-8)15-11-5-6-14-7-10(11)13/h1-4,10-11,13H,5-7H2. The Labute approximate surface area is 93.6 Å². The Kier molecular flexibility index (Phi) is 3.46. The summed E-state index contributed by atoms with van der Waals surface area (Å²) in [6.45, 7) is 0.980. The van der Waals surface area contributed by atoms with Gasteiger partial charge in [0, 0.05) is 11.4 Å². The molecule has 4 heteroatoms. The Morgan fingerprint density at radius 3 is 2.73 bits per heavy atom. The molecule has 1 heterocycles. The molecule has 0 aromatic heterocycles. The molecule has 1 aliphatic rings. The van der Waals surface area contributed by atoms with Gasteiger partial charge in [-0.25, -0.2) is 0 Å². The molecule has 1 aromatic rings. The maximum atomic E-state index is 9.61. The highest BCUT2D eigenvalue weighted by atomic mass is 35.5. The van der Waals surface area contributed by atoms with Gasteiger partial charge in [-0.3, -0.25) is 0 Å². The van der Waals surface area contributed by atoms with E-state index in [9.17, 15) is 5.11 Å². The number of ether oxygens (including phenoxy) is 2. The zero-order valence-electron chi connectivity index (χ0n) is 8.23. The Hall–Kier alpha value is -0.770. The van der Waals surface area contributed by atoms with Crippen molar-refractivity contribution in [1.29, 1.82) is 0 Å². The van der Waals surface area contributed by atoms with Crippen molar-refractivity contribution in [3.63, 3.8) is 0 Å². The summed E-state index contributed by atoms with van der Waals surface area (Å²) in [4.78, 5) is 0. The Balaban J connectivity index is 1.98. The van der Waals surface area contributed by atoms with Crippen molar-refractivity contribution < 1.29 is 14.6 Å². The number of benzene rings is 1. The van der Waals surface area contributed by atoms with Gasteiger partial charge in [0.25, 0.3) is 0 Å². The van der Waals surface area contributed by atoms with E-state index in [1.54, 1.807) is 24.3 Å². The predicted molar refractivity (Wildman–Crippen MR) is 57.3 cm³/mol. The number of hydrogen-bond acceptors (Lipinski definition) is 3. The molecule has 0 saturated carbocycles. The zero-order chi connectivity index (χ0) is 10.7. The first-order chi connectivity index (χ1) is 7.25. The van der Waals surface area contributed by atoms with Gasteiger partial charge < -0.3 is 14.6 Å². The molecule has 82 valence electrons. The smallest absolute Gasteiger partial charge is 0.129 e. The average Bonchev–Trinajstić information content (AvgIpc) is 2.25. The highest BCUT2D eigenvalue weighted by Gasteiger charge is 2.25. The molecule has 1 N–H and O–H groups in total. The minimum Gasteiger partial charge on any atom is -0.488 e. The second-order valence-corrected chi connectivity index (χ2v) is 3.98. The van der Waals surface area contributed by atoms with Crippen LogP contribution in [0, 0.1) is 0 Å². The van der Waals surface area contributed by atoms with Crippen LogP contribution in [0.3, 0.4) is 0 Å². The van der Waals surface area contributed by atoms with Crippen LogP contribution in [0.15, 0.2) is 24.3 Å². The topological polar surface area (TPSA) is 38.7 Å². The van der Waals surface area contributed by atoms with Crippen molar-refractivity contribution in [3.8, 4) is 5.75 Å². The van der Waals surface area contributed by atoms with E-state index in [4.69, 9.17) is 21.1 Å². The number of halogens is 1. The summed E-state index contributed by atoms with van der Waals surface area (Å²) in [6, 6.07) is 7.13. The number of hydrogen-bond donors (Lipinski definition) is 1. The van der Waals surface area contributed by atoms with E-state index < -0.39 is 6.10 Å². The highest BCUT2D eigenvalue weighted by Crippen LogP contribution is 2.20. The molecule has 1 aliphatic heterocycles. The monoisotopic (exact) mass is 228 g/mol. The quantitative estimate of drug-likeness (QED) is 0.840. The van der Waals surface area contributed by atoms with Crippen LogP contribution in [0.5, 0.6) is 5.75 Å². The molecule has 2 unspecified atom stereocenters. The molecule has 3 nitrogen and oxygen atoms in total. The van der Waals surface area contributed by atoms with E-state index in [0.29, 0.717) is 24.7 Å². The SMILES string of the molecule is OC1COCCC1Oc1ccc(Cl)cc1. The normalized spacial score (nSPS) is 26.3. The minimum atomic E-state index is -0.547. The van der Waals surface area contributed by atoms with Crippen LogP contribution < -0.4 is 4.74 Å². The molecule has 0 radical (unpaired) electrons. The summed E-state index contributed by atoms with van der Waals surface area (Å²) in [5.74, 6) is 0.727. The van der Waals surface area contributed by atoms with Gasteiger partial charge in [0.1, 0.15) is 18.0 Å². The number of aliphatic hydroxyl groups is 1. The fourth-order valence-corrected chi connectivity index (χ4v) is 1.65. The van der Waals surface area contributed by atoms with Gasteiger partial charge in [-0.15, -0.1) is 0 Å². The zero-order valence-corrected chi connectivity index (χ0v) is 8.98. The van der Waals surface area contributed by atoms with Gasteiger partial charge in [-0.1, -0.05) is 11.6 Å². The molecular formula is C11H13ClO3. The molecule has 1 saturated heterocycles. The van der Waals surface area contributed by atoms with Crippen LogP contribution in [0.25, 0.3) is 0 Å². The second-order valence-electron chi connectivity index (χ2n) is 3.54. The summed E-state index contributed by atoms with van der Waals surface area (Å²) in [5, 5.41) is 10.3. The molecular weight excluding hydrogens is 216 g/mol. The lowest BCUT2D eigenvalue weighted by Gasteiger charge is -2.28. The lowest BCUT2D eigenvalue weighted by atomic mass is 10.1. The molecule has 0 bridgehead atoms. The van der Waals surface area contributed by atoms with Crippen LogP contribution >= 0.6 is 11.6 Å². The Morgan fingerprint density at radius 1 is 1.33 bits per heavy atom. The van der Waals surface area contributed by atoms with Crippen LogP contribution in [-0.2, 0) is 4.74 Å². The van der Waals surface area contributed by atoms with E-state index in [-0.39, 0.29) is 6.10 Å². The first-order valence-corrected chi connectivity index (χ1v) is 5.31.